The second-order valence-corrected chi connectivity index (χ2v) is 11.5. The van der Waals surface area contributed by atoms with Crippen LogP contribution in [0.25, 0.3) is 101 Å². The number of aromatic nitrogens is 4. The lowest BCUT2D eigenvalue weighted by Gasteiger charge is -2.09. The summed E-state index contributed by atoms with van der Waals surface area (Å²) in [6.07, 6.45) is 0. The van der Waals surface area contributed by atoms with E-state index in [1.165, 1.54) is 0 Å². The van der Waals surface area contributed by atoms with E-state index in [4.69, 9.17) is 33.2 Å². The van der Waals surface area contributed by atoms with Crippen LogP contribution in [0.5, 0.6) is 0 Å². The van der Waals surface area contributed by atoms with Crippen LogP contribution < -0.4 is 0 Å². The van der Waals surface area contributed by atoms with E-state index < -0.39 is 0 Å². The number of fused-ring (bicyclic) bond motifs is 7. The first-order chi connectivity index (χ1) is 23.2. The van der Waals surface area contributed by atoms with Gasteiger partial charge in [0.25, 0.3) is 0 Å². The molecule has 0 saturated carbocycles. The van der Waals surface area contributed by atoms with Crippen molar-refractivity contribution in [2.75, 3.05) is 0 Å². The van der Waals surface area contributed by atoms with E-state index in [1.54, 1.807) is 0 Å². The molecule has 10 rings (SSSR count). The van der Waals surface area contributed by atoms with Gasteiger partial charge in [0.05, 0.1) is 0 Å². The van der Waals surface area contributed by atoms with E-state index in [1.807, 2.05) is 115 Å². The summed E-state index contributed by atoms with van der Waals surface area (Å²) in [5, 5.41) is 3.89. The van der Waals surface area contributed by atoms with Crippen molar-refractivity contribution in [1.82, 2.24) is 19.9 Å². The molecule has 0 amide bonds. The van der Waals surface area contributed by atoms with Crippen molar-refractivity contribution in [3.8, 4) is 45.6 Å². The van der Waals surface area contributed by atoms with Gasteiger partial charge in [0.2, 0.25) is 5.89 Å². The molecule has 0 aliphatic heterocycles. The predicted octanol–water partition coefficient (Wildman–Crippen LogP) is 10.5. The van der Waals surface area contributed by atoms with E-state index in [0.717, 1.165) is 77.2 Å². The molecule has 47 heavy (non-hydrogen) atoms. The van der Waals surface area contributed by atoms with E-state index >= 15 is 0 Å². The largest absolute Gasteiger partial charge is 0.456 e. The summed E-state index contributed by atoms with van der Waals surface area (Å²) in [7, 11) is 0. The van der Waals surface area contributed by atoms with Crippen LogP contribution in [0.1, 0.15) is 0 Å². The Balaban J connectivity index is 1.19. The first kappa shape index (κ1) is 25.7. The number of para-hydroxylation sites is 3. The van der Waals surface area contributed by atoms with Crippen molar-refractivity contribution in [2.45, 2.75) is 0 Å². The molecule has 0 aliphatic rings. The molecule has 0 atom stereocenters. The Hall–Kier alpha value is -6.60. The lowest BCUT2D eigenvalue weighted by molar-refractivity contribution is 0.620. The number of nitrogens with zero attached hydrogens (tertiary/aromatic N) is 4. The first-order valence-electron chi connectivity index (χ1n) is 15.3. The smallest absolute Gasteiger partial charge is 0.227 e. The van der Waals surface area contributed by atoms with Gasteiger partial charge in [-0.05, 0) is 60.7 Å². The maximum atomic E-state index is 6.34. The van der Waals surface area contributed by atoms with Crippen LogP contribution in [0.4, 0.5) is 0 Å². The Bertz CT molecular complexity index is 2780. The number of hydrogen-bond acceptors (Lipinski definition) is 7. The number of hydrogen-bond donors (Lipinski definition) is 0. The number of benzene rings is 6. The second kappa shape index (κ2) is 9.95. The minimum absolute atomic E-state index is 0.548. The minimum Gasteiger partial charge on any atom is -0.456 e. The van der Waals surface area contributed by atoms with Crippen LogP contribution in [-0.2, 0) is 0 Å². The SMILES string of the molecule is c1ccc(-c2nc(-c3ccc4oc5ccccc5c4c3)nc(-c3cccc4oc5ccc(-c6nc7ccccc7o6)cc5c34)n2)cc1. The molecule has 0 bridgehead atoms. The van der Waals surface area contributed by atoms with Crippen LogP contribution in [0.15, 0.2) is 147 Å². The Kier molecular flexibility index (Phi) is 5.44. The van der Waals surface area contributed by atoms with Crippen molar-refractivity contribution >= 4 is 55.0 Å². The fraction of sp³-hybridized carbons (Fsp3) is 0. The summed E-state index contributed by atoms with van der Waals surface area (Å²) in [5.74, 6) is 2.25. The highest BCUT2D eigenvalue weighted by Crippen LogP contribution is 2.39. The molecule has 4 aromatic heterocycles. The van der Waals surface area contributed by atoms with Gasteiger partial charge in [-0.1, -0.05) is 72.8 Å². The standard InChI is InChI=1S/C40H22N4O3/c1-2-9-23(10-3-1)37-42-38(24-17-19-32-28(21-24)26-11-4-6-14-31(26)45-32)44-39(43-37)27-12-8-16-35-36(27)29-22-25(18-20-33(29)46-35)40-41-30-13-5-7-15-34(30)47-40/h1-22H. The van der Waals surface area contributed by atoms with Crippen molar-refractivity contribution in [3.05, 3.63) is 133 Å². The Morgan fingerprint density at radius 2 is 1.00 bits per heavy atom. The molecule has 7 nitrogen and oxygen atoms in total. The third kappa shape index (κ3) is 4.14. The topological polar surface area (TPSA) is 91.0 Å². The lowest BCUT2D eigenvalue weighted by Crippen LogP contribution is -2.00. The van der Waals surface area contributed by atoms with E-state index in [0.29, 0.717) is 23.4 Å². The molecular formula is C40H22N4O3. The number of oxazole rings is 1. The summed E-state index contributed by atoms with van der Waals surface area (Å²) < 4.78 is 18.5. The lowest BCUT2D eigenvalue weighted by atomic mass is 10.0. The predicted molar refractivity (Wildman–Crippen MR) is 184 cm³/mol. The van der Waals surface area contributed by atoms with Gasteiger partial charge in [-0.15, -0.1) is 0 Å². The van der Waals surface area contributed by atoms with Gasteiger partial charge in [0.15, 0.2) is 23.1 Å². The normalized spacial score (nSPS) is 11.8. The van der Waals surface area contributed by atoms with Crippen LogP contribution in [0.3, 0.4) is 0 Å². The number of furan rings is 2. The molecule has 0 unspecified atom stereocenters. The highest BCUT2D eigenvalue weighted by molar-refractivity contribution is 6.13. The molecule has 10 aromatic rings. The highest BCUT2D eigenvalue weighted by Gasteiger charge is 2.20. The Morgan fingerprint density at radius 3 is 1.87 bits per heavy atom. The van der Waals surface area contributed by atoms with Gasteiger partial charge in [-0.25, -0.2) is 19.9 Å². The van der Waals surface area contributed by atoms with Crippen molar-refractivity contribution in [3.63, 3.8) is 0 Å². The second-order valence-electron chi connectivity index (χ2n) is 11.5. The van der Waals surface area contributed by atoms with Crippen molar-refractivity contribution < 1.29 is 13.3 Å². The molecule has 0 saturated heterocycles. The fourth-order valence-electron chi connectivity index (χ4n) is 6.35. The quantitative estimate of drug-likeness (QED) is 0.197. The fourth-order valence-corrected chi connectivity index (χ4v) is 6.35. The molecule has 0 fully saturated rings. The van der Waals surface area contributed by atoms with Crippen LogP contribution >= 0.6 is 0 Å². The zero-order valence-corrected chi connectivity index (χ0v) is 24.7. The maximum Gasteiger partial charge on any atom is 0.227 e. The summed E-state index contributed by atoms with van der Waals surface area (Å²) in [6.45, 7) is 0. The average Bonchev–Trinajstić information content (AvgIpc) is 3.84. The van der Waals surface area contributed by atoms with Gasteiger partial charge in [-0.3, -0.25) is 0 Å². The van der Waals surface area contributed by atoms with Crippen molar-refractivity contribution in [1.29, 1.82) is 0 Å². The van der Waals surface area contributed by atoms with Crippen LogP contribution in [0, 0.1) is 0 Å². The van der Waals surface area contributed by atoms with Gasteiger partial charge in [0.1, 0.15) is 27.8 Å². The Morgan fingerprint density at radius 1 is 0.362 bits per heavy atom. The average molecular weight is 607 g/mol. The molecule has 220 valence electrons. The van der Waals surface area contributed by atoms with Gasteiger partial charge < -0.3 is 13.3 Å². The summed E-state index contributed by atoms with van der Waals surface area (Å²) in [4.78, 5) is 19.8. The molecule has 7 heteroatoms. The zero-order valence-electron chi connectivity index (χ0n) is 24.7. The van der Waals surface area contributed by atoms with Gasteiger partial charge >= 0.3 is 0 Å². The molecule has 0 radical (unpaired) electrons. The van der Waals surface area contributed by atoms with E-state index in [2.05, 4.69) is 18.2 Å². The van der Waals surface area contributed by atoms with Gasteiger partial charge in [-0.2, -0.15) is 0 Å². The summed E-state index contributed by atoms with van der Waals surface area (Å²) in [5.41, 5.74) is 8.17. The zero-order chi connectivity index (χ0) is 30.9. The first-order valence-corrected chi connectivity index (χ1v) is 15.3. The van der Waals surface area contributed by atoms with E-state index in [-0.39, 0.29) is 0 Å². The molecule has 0 N–H and O–H groups in total. The van der Waals surface area contributed by atoms with Crippen LogP contribution in [-0.4, -0.2) is 19.9 Å². The monoisotopic (exact) mass is 606 g/mol. The minimum atomic E-state index is 0.548. The highest BCUT2D eigenvalue weighted by atomic mass is 16.3. The maximum absolute atomic E-state index is 6.34. The third-order valence-corrected chi connectivity index (χ3v) is 8.58. The number of rotatable bonds is 4. The third-order valence-electron chi connectivity index (χ3n) is 8.58. The molecule has 0 aliphatic carbocycles. The van der Waals surface area contributed by atoms with E-state index in [9.17, 15) is 0 Å². The van der Waals surface area contributed by atoms with Crippen LogP contribution in [0.2, 0.25) is 0 Å². The Labute approximate surface area is 266 Å². The van der Waals surface area contributed by atoms with Crippen molar-refractivity contribution in [2.24, 2.45) is 0 Å². The summed E-state index contributed by atoms with van der Waals surface area (Å²) in [6, 6.07) is 43.8. The molecule has 4 heterocycles. The molecule has 0 spiro atoms. The summed E-state index contributed by atoms with van der Waals surface area (Å²) >= 11 is 0. The van der Waals surface area contributed by atoms with Gasteiger partial charge in [0, 0.05) is 43.8 Å². The molecular weight excluding hydrogens is 584 g/mol. The molecule has 6 aromatic carbocycles.